The minimum atomic E-state index is -0.453. The zero-order valence-electron chi connectivity index (χ0n) is 14.7. The third-order valence-electron chi connectivity index (χ3n) is 3.32. The molecule has 0 aliphatic rings. The van der Waals surface area contributed by atoms with Gasteiger partial charge in [-0.25, -0.2) is 9.78 Å². The predicted octanol–water partition coefficient (Wildman–Crippen LogP) is 4.31. The van der Waals surface area contributed by atoms with E-state index in [2.05, 4.69) is 26.2 Å². The predicted molar refractivity (Wildman–Crippen MR) is 106 cm³/mol. The highest BCUT2D eigenvalue weighted by atomic mass is 79.9. The van der Waals surface area contributed by atoms with Crippen molar-refractivity contribution in [3.8, 4) is 5.75 Å². The van der Waals surface area contributed by atoms with Gasteiger partial charge in [0.1, 0.15) is 10.6 Å². The molecule has 1 aromatic carbocycles. The van der Waals surface area contributed by atoms with E-state index in [1.54, 1.807) is 6.08 Å². The lowest BCUT2D eigenvalue weighted by molar-refractivity contribution is -0.111. The quantitative estimate of drug-likeness (QED) is 0.514. The lowest BCUT2D eigenvalue weighted by Gasteiger charge is -2.07. The first-order chi connectivity index (χ1) is 12.5. The van der Waals surface area contributed by atoms with Gasteiger partial charge in [-0.15, -0.1) is 0 Å². The number of aryl methyl sites for hydroxylation is 1. The van der Waals surface area contributed by atoms with Gasteiger partial charge in [0.05, 0.1) is 19.4 Å². The van der Waals surface area contributed by atoms with Crippen LogP contribution in [0, 0.1) is 0 Å². The minimum absolute atomic E-state index is 0.347. The van der Waals surface area contributed by atoms with Crippen LogP contribution >= 0.6 is 27.3 Å². The van der Waals surface area contributed by atoms with Gasteiger partial charge in [0.15, 0.2) is 5.13 Å². The highest BCUT2D eigenvalue weighted by Crippen LogP contribution is 2.26. The van der Waals surface area contributed by atoms with Crippen molar-refractivity contribution in [1.82, 2.24) is 4.98 Å². The average molecular weight is 439 g/mol. The molecule has 1 amide bonds. The van der Waals surface area contributed by atoms with Crippen molar-refractivity contribution in [2.45, 2.75) is 20.3 Å². The highest BCUT2D eigenvalue weighted by molar-refractivity contribution is 9.10. The van der Waals surface area contributed by atoms with Crippen LogP contribution < -0.4 is 10.1 Å². The molecule has 0 saturated carbocycles. The first kappa shape index (κ1) is 20.1. The number of carbonyl (C=O) groups is 2. The van der Waals surface area contributed by atoms with Crippen LogP contribution in [0.5, 0.6) is 5.75 Å². The molecule has 26 heavy (non-hydrogen) atoms. The standard InChI is InChI=1S/C18H19BrN2O4S/c1-4-13-16(17(23)24-3)26-18(20-13)21-15(22)9-6-11-10-12(19)7-8-14(11)25-5-2/h6-10H,4-5H2,1-3H3,(H,20,21,22)/b9-6+. The Morgan fingerprint density at radius 1 is 1.35 bits per heavy atom. The number of hydrogen-bond donors (Lipinski definition) is 1. The van der Waals surface area contributed by atoms with Crippen LogP contribution in [-0.4, -0.2) is 30.6 Å². The summed E-state index contributed by atoms with van der Waals surface area (Å²) in [5.74, 6) is -0.110. The van der Waals surface area contributed by atoms with Gasteiger partial charge in [-0.3, -0.25) is 10.1 Å². The second-order valence-electron chi connectivity index (χ2n) is 5.08. The summed E-state index contributed by atoms with van der Waals surface area (Å²) >= 11 is 4.50. The maximum absolute atomic E-state index is 12.2. The van der Waals surface area contributed by atoms with Gasteiger partial charge in [-0.1, -0.05) is 34.2 Å². The molecule has 0 bridgehead atoms. The number of amides is 1. The zero-order chi connectivity index (χ0) is 19.1. The molecular weight excluding hydrogens is 420 g/mol. The van der Waals surface area contributed by atoms with Gasteiger partial charge >= 0.3 is 5.97 Å². The van der Waals surface area contributed by atoms with E-state index in [0.29, 0.717) is 34.5 Å². The second-order valence-corrected chi connectivity index (χ2v) is 6.99. The third kappa shape index (κ3) is 5.15. The summed E-state index contributed by atoms with van der Waals surface area (Å²) in [6.45, 7) is 4.31. The van der Waals surface area contributed by atoms with Crippen molar-refractivity contribution >= 4 is 50.4 Å². The fourth-order valence-corrected chi connectivity index (χ4v) is 3.50. The number of nitrogens with one attached hydrogen (secondary N) is 1. The van der Waals surface area contributed by atoms with Gasteiger partial charge in [0.2, 0.25) is 5.91 Å². The number of methoxy groups -OCH3 is 1. The number of benzene rings is 1. The molecule has 1 aromatic heterocycles. The molecule has 0 radical (unpaired) electrons. The van der Waals surface area contributed by atoms with Crippen LogP contribution in [0.15, 0.2) is 28.7 Å². The molecular formula is C18H19BrN2O4S. The molecule has 6 nitrogen and oxygen atoms in total. The SMILES string of the molecule is CCOc1ccc(Br)cc1/C=C/C(=O)Nc1nc(CC)c(C(=O)OC)s1. The topological polar surface area (TPSA) is 77.5 Å². The molecule has 0 aliphatic carbocycles. The molecule has 138 valence electrons. The third-order valence-corrected chi connectivity index (χ3v) is 4.81. The van der Waals surface area contributed by atoms with Crippen LogP contribution in [0.4, 0.5) is 5.13 Å². The van der Waals surface area contributed by atoms with Crippen molar-refractivity contribution in [2.24, 2.45) is 0 Å². The molecule has 0 fully saturated rings. The Bertz CT molecular complexity index is 833. The first-order valence-corrected chi connectivity index (χ1v) is 9.58. The summed E-state index contributed by atoms with van der Waals surface area (Å²) in [5.41, 5.74) is 1.38. The molecule has 8 heteroatoms. The number of carbonyl (C=O) groups excluding carboxylic acids is 2. The Kier molecular flexibility index (Phi) is 7.35. The molecule has 0 aliphatic heterocycles. The number of nitrogens with zero attached hydrogens (tertiary/aromatic N) is 1. The molecule has 1 heterocycles. The number of esters is 1. The molecule has 2 aromatic rings. The highest BCUT2D eigenvalue weighted by Gasteiger charge is 2.18. The van der Waals surface area contributed by atoms with Crippen LogP contribution in [0.2, 0.25) is 0 Å². The van der Waals surface area contributed by atoms with E-state index >= 15 is 0 Å². The van der Waals surface area contributed by atoms with E-state index < -0.39 is 5.97 Å². The fraction of sp³-hybridized carbons (Fsp3) is 0.278. The Morgan fingerprint density at radius 2 is 2.12 bits per heavy atom. The summed E-state index contributed by atoms with van der Waals surface area (Å²) in [4.78, 5) is 28.6. The number of halogens is 1. The van der Waals surface area contributed by atoms with E-state index in [-0.39, 0.29) is 5.91 Å². The number of hydrogen-bond acceptors (Lipinski definition) is 6. The van der Waals surface area contributed by atoms with Crippen molar-refractivity contribution in [3.63, 3.8) is 0 Å². The van der Waals surface area contributed by atoms with E-state index in [4.69, 9.17) is 9.47 Å². The molecule has 0 atom stereocenters. The number of rotatable bonds is 7. The normalized spacial score (nSPS) is 10.8. The lowest BCUT2D eigenvalue weighted by Crippen LogP contribution is -2.07. The Hall–Kier alpha value is -2.19. The maximum atomic E-state index is 12.2. The summed E-state index contributed by atoms with van der Waals surface area (Å²) in [6.07, 6.45) is 3.64. The number of ether oxygens (including phenoxy) is 2. The van der Waals surface area contributed by atoms with Gasteiger partial charge in [0, 0.05) is 16.1 Å². The second kappa shape index (κ2) is 9.49. The molecule has 0 spiro atoms. The summed E-state index contributed by atoms with van der Waals surface area (Å²) in [5, 5.41) is 3.03. The van der Waals surface area contributed by atoms with Gasteiger partial charge in [0.25, 0.3) is 0 Å². The molecule has 2 rings (SSSR count). The van der Waals surface area contributed by atoms with Crippen molar-refractivity contribution < 1.29 is 19.1 Å². The van der Waals surface area contributed by atoms with Crippen molar-refractivity contribution in [1.29, 1.82) is 0 Å². The van der Waals surface area contributed by atoms with Crippen molar-refractivity contribution in [3.05, 3.63) is 44.9 Å². The molecule has 0 saturated heterocycles. The van der Waals surface area contributed by atoms with Crippen LogP contribution in [0.25, 0.3) is 6.08 Å². The van der Waals surface area contributed by atoms with E-state index in [1.165, 1.54) is 13.2 Å². The minimum Gasteiger partial charge on any atom is -0.493 e. The zero-order valence-corrected chi connectivity index (χ0v) is 17.1. The van der Waals surface area contributed by atoms with Crippen LogP contribution in [0.3, 0.4) is 0 Å². The van der Waals surface area contributed by atoms with E-state index in [0.717, 1.165) is 21.4 Å². The number of aromatic nitrogens is 1. The average Bonchev–Trinajstić information content (AvgIpc) is 3.04. The van der Waals surface area contributed by atoms with Crippen molar-refractivity contribution in [2.75, 3.05) is 19.0 Å². The van der Waals surface area contributed by atoms with Crippen LogP contribution in [0.1, 0.15) is 34.8 Å². The molecule has 1 N–H and O–H groups in total. The number of thiazole rings is 1. The smallest absolute Gasteiger partial charge is 0.350 e. The fourth-order valence-electron chi connectivity index (χ4n) is 2.15. The summed E-state index contributed by atoms with van der Waals surface area (Å²) < 4.78 is 11.2. The maximum Gasteiger partial charge on any atom is 0.350 e. The molecule has 0 unspecified atom stereocenters. The summed E-state index contributed by atoms with van der Waals surface area (Å²) in [6, 6.07) is 5.57. The monoisotopic (exact) mass is 438 g/mol. The largest absolute Gasteiger partial charge is 0.493 e. The van der Waals surface area contributed by atoms with Gasteiger partial charge in [-0.05, 0) is 37.6 Å². The Morgan fingerprint density at radius 3 is 2.77 bits per heavy atom. The van der Waals surface area contributed by atoms with E-state index in [9.17, 15) is 9.59 Å². The van der Waals surface area contributed by atoms with Gasteiger partial charge < -0.3 is 9.47 Å². The Labute approximate surface area is 164 Å². The summed E-state index contributed by atoms with van der Waals surface area (Å²) in [7, 11) is 1.32. The first-order valence-electron chi connectivity index (χ1n) is 7.97. The lowest BCUT2D eigenvalue weighted by atomic mass is 10.2. The Balaban J connectivity index is 2.14. The van der Waals surface area contributed by atoms with E-state index in [1.807, 2.05) is 32.0 Å². The van der Waals surface area contributed by atoms with Crippen LogP contribution in [-0.2, 0) is 16.0 Å². The van der Waals surface area contributed by atoms with Gasteiger partial charge in [-0.2, -0.15) is 0 Å². The number of anilines is 1.